The number of methoxy groups -OCH3 is 2. The van der Waals surface area contributed by atoms with Gasteiger partial charge in [0.05, 0.1) is 20.4 Å². The van der Waals surface area contributed by atoms with E-state index in [0.29, 0.717) is 22.8 Å². The van der Waals surface area contributed by atoms with Crippen molar-refractivity contribution in [2.24, 2.45) is 5.10 Å². The molecule has 7 nitrogen and oxygen atoms in total. The molecule has 0 fully saturated rings. The summed E-state index contributed by atoms with van der Waals surface area (Å²) in [5, 5.41) is 3.95. The average molecular weight is 430 g/mol. The number of hydrogen-bond donors (Lipinski definition) is 1. The predicted octanol–water partition coefficient (Wildman–Crippen LogP) is 4.09. The molecule has 0 unspecified atom stereocenters. The van der Waals surface area contributed by atoms with Gasteiger partial charge in [-0.2, -0.15) is 5.10 Å². The van der Waals surface area contributed by atoms with Crippen molar-refractivity contribution in [3.05, 3.63) is 95.6 Å². The normalized spacial score (nSPS) is 10.8. The van der Waals surface area contributed by atoms with Gasteiger partial charge in [0.15, 0.2) is 11.5 Å². The van der Waals surface area contributed by atoms with Crippen LogP contribution in [0.5, 0.6) is 17.2 Å². The summed E-state index contributed by atoms with van der Waals surface area (Å²) in [7, 11) is 3.02. The Morgan fingerprint density at radius 1 is 0.844 bits per heavy atom. The molecule has 162 valence electrons. The maximum absolute atomic E-state index is 12.3. The van der Waals surface area contributed by atoms with E-state index in [2.05, 4.69) is 10.5 Å². The van der Waals surface area contributed by atoms with Crippen LogP contribution in [0.3, 0.4) is 0 Å². The molecule has 0 aliphatic rings. The minimum atomic E-state index is -0.475. The van der Waals surface area contributed by atoms with Crippen LogP contribution in [0, 0.1) is 0 Å². The molecule has 0 spiro atoms. The first-order valence-electron chi connectivity index (χ1n) is 9.69. The number of carbonyl (C=O) groups is 2. The summed E-state index contributed by atoms with van der Waals surface area (Å²) in [5.74, 6) is 0.520. The number of hydrazone groups is 1. The van der Waals surface area contributed by atoms with Gasteiger partial charge in [-0.05, 0) is 59.7 Å². The summed E-state index contributed by atoms with van der Waals surface area (Å²) in [4.78, 5) is 24.2. The van der Waals surface area contributed by atoms with Crippen LogP contribution in [-0.2, 0) is 4.79 Å². The molecule has 3 rings (SSSR count). The number of carbonyl (C=O) groups excluding carboxylic acids is 2. The molecule has 3 aromatic carbocycles. The Balaban J connectivity index is 1.53. The summed E-state index contributed by atoms with van der Waals surface area (Å²) in [5.41, 5.74) is 4.46. The second-order valence-electron chi connectivity index (χ2n) is 6.50. The van der Waals surface area contributed by atoms with Crippen LogP contribution < -0.4 is 19.6 Å². The SMILES string of the molecule is COc1ccc(C(=O)N/N=C/c2ccc(OC(=O)/C=C/c3ccccc3)cc2)cc1OC. The smallest absolute Gasteiger partial charge is 0.336 e. The molecule has 3 aromatic rings. The van der Waals surface area contributed by atoms with E-state index < -0.39 is 11.9 Å². The van der Waals surface area contributed by atoms with Crippen LogP contribution in [0.4, 0.5) is 0 Å². The zero-order valence-electron chi connectivity index (χ0n) is 17.6. The highest BCUT2D eigenvalue weighted by Crippen LogP contribution is 2.27. The van der Waals surface area contributed by atoms with Crippen molar-refractivity contribution in [3.8, 4) is 17.2 Å². The number of esters is 1. The molecule has 0 aliphatic heterocycles. The molecular formula is C25H22N2O5. The number of nitrogens with one attached hydrogen (secondary N) is 1. The molecule has 0 bridgehead atoms. The van der Waals surface area contributed by atoms with Crippen molar-refractivity contribution in [1.82, 2.24) is 5.43 Å². The van der Waals surface area contributed by atoms with Crippen LogP contribution >= 0.6 is 0 Å². The van der Waals surface area contributed by atoms with Gasteiger partial charge in [-0.15, -0.1) is 0 Å². The average Bonchev–Trinajstić information content (AvgIpc) is 2.84. The zero-order chi connectivity index (χ0) is 22.8. The van der Waals surface area contributed by atoms with Crippen molar-refractivity contribution >= 4 is 24.2 Å². The van der Waals surface area contributed by atoms with Crippen molar-refractivity contribution < 1.29 is 23.8 Å². The van der Waals surface area contributed by atoms with Crippen molar-refractivity contribution in [2.45, 2.75) is 0 Å². The number of benzene rings is 3. The van der Waals surface area contributed by atoms with Gasteiger partial charge < -0.3 is 14.2 Å². The fourth-order valence-electron chi connectivity index (χ4n) is 2.71. The lowest BCUT2D eigenvalue weighted by Gasteiger charge is -2.08. The van der Waals surface area contributed by atoms with Crippen LogP contribution in [0.25, 0.3) is 6.08 Å². The largest absolute Gasteiger partial charge is 0.493 e. The fraction of sp³-hybridized carbons (Fsp3) is 0.0800. The molecular weight excluding hydrogens is 408 g/mol. The molecule has 0 aliphatic carbocycles. The third-order valence-corrected chi connectivity index (χ3v) is 4.34. The van der Waals surface area contributed by atoms with Crippen molar-refractivity contribution in [2.75, 3.05) is 14.2 Å². The van der Waals surface area contributed by atoms with Crippen molar-refractivity contribution in [1.29, 1.82) is 0 Å². The third-order valence-electron chi connectivity index (χ3n) is 4.34. The lowest BCUT2D eigenvalue weighted by Crippen LogP contribution is -2.17. The van der Waals surface area contributed by atoms with Gasteiger partial charge in [0.25, 0.3) is 5.91 Å². The van der Waals surface area contributed by atoms with Crippen LogP contribution in [0.1, 0.15) is 21.5 Å². The lowest BCUT2D eigenvalue weighted by molar-refractivity contribution is -0.128. The lowest BCUT2D eigenvalue weighted by atomic mass is 10.2. The molecule has 1 amide bonds. The van der Waals surface area contributed by atoms with Crippen LogP contribution in [0.2, 0.25) is 0 Å². The van der Waals surface area contributed by atoms with Gasteiger partial charge in [-0.25, -0.2) is 10.2 Å². The second-order valence-corrected chi connectivity index (χ2v) is 6.50. The quantitative estimate of drug-likeness (QED) is 0.191. The van der Waals surface area contributed by atoms with Crippen molar-refractivity contribution in [3.63, 3.8) is 0 Å². The van der Waals surface area contributed by atoms with E-state index in [1.165, 1.54) is 26.5 Å². The van der Waals surface area contributed by atoms with Gasteiger partial charge in [-0.1, -0.05) is 30.3 Å². The maximum Gasteiger partial charge on any atom is 0.336 e. The molecule has 7 heteroatoms. The van der Waals surface area contributed by atoms with Gasteiger partial charge in [-0.3, -0.25) is 4.79 Å². The Kier molecular flexibility index (Phi) is 7.75. The molecule has 0 radical (unpaired) electrons. The van der Waals surface area contributed by atoms with Crippen LogP contribution in [-0.4, -0.2) is 32.3 Å². The minimum Gasteiger partial charge on any atom is -0.493 e. The predicted molar refractivity (Wildman–Crippen MR) is 122 cm³/mol. The van der Waals surface area contributed by atoms with Gasteiger partial charge in [0, 0.05) is 11.6 Å². The first-order valence-corrected chi connectivity index (χ1v) is 9.69. The monoisotopic (exact) mass is 430 g/mol. The number of amides is 1. The Bertz CT molecular complexity index is 1120. The highest BCUT2D eigenvalue weighted by atomic mass is 16.5. The van der Waals surface area contributed by atoms with Gasteiger partial charge in [0.2, 0.25) is 0 Å². The second kappa shape index (κ2) is 11.1. The Morgan fingerprint density at radius 3 is 2.25 bits per heavy atom. The van der Waals surface area contributed by atoms with E-state index in [1.807, 2.05) is 30.3 Å². The summed E-state index contributed by atoms with van der Waals surface area (Å²) >= 11 is 0. The zero-order valence-corrected chi connectivity index (χ0v) is 17.6. The van der Waals surface area contributed by atoms with E-state index in [9.17, 15) is 9.59 Å². The van der Waals surface area contributed by atoms with E-state index >= 15 is 0 Å². The standard InChI is InChI=1S/C25H22N2O5/c1-30-22-14-11-20(16-23(22)31-2)25(29)27-26-17-19-8-12-21(13-9-19)32-24(28)15-10-18-6-4-3-5-7-18/h3-17H,1-2H3,(H,27,29)/b15-10+,26-17+. The third kappa shape index (κ3) is 6.30. The van der Waals surface area contributed by atoms with Gasteiger partial charge in [0.1, 0.15) is 5.75 Å². The Morgan fingerprint density at radius 2 is 1.56 bits per heavy atom. The summed E-state index contributed by atoms with van der Waals surface area (Å²) in [6.07, 6.45) is 4.54. The number of nitrogens with zero attached hydrogens (tertiary/aromatic N) is 1. The molecule has 0 saturated carbocycles. The van der Waals surface area contributed by atoms with Gasteiger partial charge >= 0.3 is 5.97 Å². The topological polar surface area (TPSA) is 86.2 Å². The minimum absolute atomic E-state index is 0.380. The Hall–Kier alpha value is -4.39. The summed E-state index contributed by atoms with van der Waals surface area (Å²) in [6.45, 7) is 0. The fourth-order valence-corrected chi connectivity index (χ4v) is 2.71. The molecule has 0 aromatic heterocycles. The van der Waals surface area contributed by atoms with E-state index in [-0.39, 0.29) is 0 Å². The first kappa shape index (κ1) is 22.3. The van der Waals surface area contributed by atoms with E-state index in [1.54, 1.807) is 48.5 Å². The van der Waals surface area contributed by atoms with E-state index in [4.69, 9.17) is 14.2 Å². The maximum atomic E-state index is 12.3. The molecule has 0 heterocycles. The summed E-state index contributed by atoms with van der Waals surface area (Å²) in [6, 6.07) is 21.0. The highest BCUT2D eigenvalue weighted by molar-refractivity contribution is 5.95. The molecule has 32 heavy (non-hydrogen) atoms. The Labute approximate surface area is 185 Å². The van der Waals surface area contributed by atoms with Crippen LogP contribution in [0.15, 0.2) is 84.0 Å². The molecule has 0 atom stereocenters. The summed E-state index contributed by atoms with van der Waals surface area (Å²) < 4.78 is 15.6. The number of ether oxygens (including phenoxy) is 3. The number of rotatable bonds is 8. The first-order chi connectivity index (χ1) is 15.6. The number of hydrogen-bond acceptors (Lipinski definition) is 6. The van der Waals surface area contributed by atoms with E-state index in [0.717, 1.165) is 11.1 Å². The molecule has 0 saturated heterocycles. The molecule has 1 N–H and O–H groups in total. The highest BCUT2D eigenvalue weighted by Gasteiger charge is 2.10.